The van der Waals surface area contributed by atoms with Crippen LogP contribution in [0.2, 0.25) is 0 Å². The van der Waals surface area contributed by atoms with Crippen molar-refractivity contribution in [1.29, 1.82) is 0 Å². The van der Waals surface area contributed by atoms with E-state index in [1.54, 1.807) is 12.1 Å². The number of unbranched alkanes of at least 4 members (excludes halogenated alkanes) is 11. The lowest BCUT2D eigenvalue weighted by Crippen LogP contribution is -2.41. The summed E-state index contributed by atoms with van der Waals surface area (Å²) in [5, 5.41) is 26.6. The number of carboxylic acids is 2. The molecule has 9 N–H and O–H groups in total. The highest BCUT2D eigenvalue weighted by Gasteiger charge is 2.21. The summed E-state index contributed by atoms with van der Waals surface area (Å²) >= 11 is 0. The molecule has 0 aromatic heterocycles. The number of hydrogen-bond donors (Lipinski definition) is 7. The number of aromatic carboxylic acids is 1. The third kappa shape index (κ3) is 24.3. The normalized spacial score (nSPS) is 12.6. The van der Waals surface area contributed by atoms with Gasteiger partial charge in [-0.25, -0.2) is 9.59 Å². The summed E-state index contributed by atoms with van der Waals surface area (Å²) in [4.78, 5) is 71.4. The van der Waals surface area contributed by atoms with Crippen molar-refractivity contribution in [3.05, 3.63) is 29.8 Å². The van der Waals surface area contributed by atoms with Gasteiger partial charge in [0.15, 0.2) is 0 Å². The van der Waals surface area contributed by atoms with Crippen LogP contribution in [0.15, 0.2) is 24.3 Å². The molecule has 0 heterocycles. The van der Waals surface area contributed by atoms with Gasteiger partial charge < -0.3 is 42.4 Å². The van der Waals surface area contributed by atoms with Gasteiger partial charge in [0, 0.05) is 32.4 Å². The first-order chi connectivity index (χ1) is 25.9. The summed E-state index contributed by atoms with van der Waals surface area (Å²) in [5.74, 6) is -2.20. The average Bonchev–Trinajstić information content (AvgIpc) is 3.15. The quantitative estimate of drug-likeness (QED) is 0.0461. The lowest BCUT2D eigenvalue weighted by atomic mass is 10.0. The van der Waals surface area contributed by atoms with Crippen LogP contribution in [0.3, 0.4) is 0 Å². The minimum absolute atomic E-state index is 0.0506. The number of ether oxygens (including phenoxy) is 1. The van der Waals surface area contributed by atoms with Gasteiger partial charge in [-0.15, -0.1) is 0 Å². The summed E-state index contributed by atoms with van der Waals surface area (Å²) in [6.07, 6.45) is 15.0. The van der Waals surface area contributed by atoms with Crippen molar-refractivity contribution >= 4 is 35.4 Å². The summed E-state index contributed by atoms with van der Waals surface area (Å²) in [6, 6.07) is 4.11. The Morgan fingerprint density at radius 1 is 0.630 bits per heavy atom. The van der Waals surface area contributed by atoms with Crippen LogP contribution in [0.4, 0.5) is 0 Å². The Labute approximate surface area is 321 Å². The van der Waals surface area contributed by atoms with Gasteiger partial charge in [-0.2, -0.15) is 0 Å². The molecule has 3 atom stereocenters. The number of hydrogen-bond acceptors (Lipinski definition) is 9. The Balaban J connectivity index is 2.03. The Hall–Kier alpha value is -4.04. The van der Waals surface area contributed by atoms with Crippen molar-refractivity contribution in [2.24, 2.45) is 11.5 Å². The molecule has 1 rings (SSSR count). The highest BCUT2D eigenvalue weighted by molar-refractivity contribution is 5.87. The SMILES string of the molecule is CCCNC(=O)[C@@H](N)CCCCNC(=O)[C@@H](N)CCCCCC(=O)CC[C@H](NC(=O)CCCCCCCCCCCOc1ccc(C(=O)O)cc1)C(=O)O. The molecule has 3 amide bonds. The monoisotopic (exact) mass is 761 g/mol. The molecule has 1 aromatic carbocycles. The maximum atomic E-state index is 12.4. The van der Waals surface area contributed by atoms with Crippen LogP contribution in [0.5, 0.6) is 5.75 Å². The molecule has 54 heavy (non-hydrogen) atoms. The Morgan fingerprint density at radius 2 is 1.15 bits per heavy atom. The summed E-state index contributed by atoms with van der Waals surface area (Å²) in [6.45, 7) is 3.63. The van der Waals surface area contributed by atoms with Gasteiger partial charge in [0.1, 0.15) is 17.6 Å². The van der Waals surface area contributed by atoms with Crippen molar-refractivity contribution in [2.75, 3.05) is 19.7 Å². The lowest BCUT2D eigenvalue weighted by molar-refractivity contribution is -0.142. The predicted molar refractivity (Wildman–Crippen MR) is 208 cm³/mol. The third-order valence-electron chi connectivity index (χ3n) is 9.20. The number of benzene rings is 1. The van der Waals surface area contributed by atoms with Crippen molar-refractivity contribution in [3.8, 4) is 5.75 Å². The fourth-order valence-electron chi connectivity index (χ4n) is 5.80. The van der Waals surface area contributed by atoms with Crippen molar-refractivity contribution in [3.63, 3.8) is 0 Å². The molecule has 0 bridgehead atoms. The number of carboxylic acid groups (broad SMARTS) is 2. The zero-order valence-corrected chi connectivity index (χ0v) is 32.4. The number of amides is 3. The van der Waals surface area contributed by atoms with Gasteiger partial charge in [-0.3, -0.25) is 19.2 Å². The molecule has 0 spiro atoms. The van der Waals surface area contributed by atoms with Crippen LogP contribution in [0.25, 0.3) is 0 Å². The molecule has 14 heteroatoms. The van der Waals surface area contributed by atoms with Crippen LogP contribution in [0.1, 0.15) is 152 Å². The van der Waals surface area contributed by atoms with E-state index in [1.807, 2.05) is 6.92 Å². The zero-order chi connectivity index (χ0) is 40.0. The molecule has 0 radical (unpaired) electrons. The molecule has 14 nitrogen and oxygen atoms in total. The van der Waals surface area contributed by atoms with Crippen molar-refractivity contribution < 1.29 is 43.7 Å². The summed E-state index contributed by atoms with van der Waals surface area (Å²) in [7, 11) is 0. The lowest BCUT2D eigenvalue weighted by Gasteiger charge is -2.14. The van der Waals surface area contributed by atoms with Gasteiger partial charge in [0.2, 0.25) is 17.7 Å². The van der Waals surface area contributed by atoms with Crippen LogP contribution in [-0.2, 0) is 24.0 Å². The van der Waals surface area contributed by atoms with Gasteiger partial charge in [-0.05, 0) is 82.1 Å². The highest BCUT2D eigenvalue weighted by atomic mass is 16.5. The molecule has 0 aliphatic rings. The minimum Gasteiger partial charge on any atom is -0.494 e. The van der Waals surface area contributed by atoms with Crippen LogP contribution in [-0.4, -0.2) is 83.5 Å². The maximum Gasteiger partial charge on any atom is 0.335 e. The molecule has 0 saturated heterocycles. The van der Waals surface area contributed by atoms with E-state index in [9.17, 15) is 33.9 Å². The van der Waals surface area contributed by atoms with E-state index >= 15 is 0 Å². The number of ketones is 1. The van der Waals surface area contributed by atoms with E-state index in [1.165, 1.54) is 12.1 Å². The smallest absolute Gasteiger partial charge is 0.335 e. The van der Waals surface area contributed by atoms with Crippen molar-refractivity contribution in [1.82, 2.24) is 16.0 Å². The fourth-order valence-corrected chi connectivity index (χ4v) is 5.80. The molecular weight excluding hydrogens is 694 g/mol. The number of carbonyl (C=O) groups is 6. The van der Waals surface area contributed by atoms with Gasteiger partial charge in [0.25, 0.3) is 0 Å². The molecule has 0 aliphatic carbocycles. The highest BCUT2D eigenvalue weighted by Crippen LogP contribution is 2.15. The molecule has 0 saturated carbocycles. The molecule has 0 fully saturated rings. The molecule has 0 aliphatic heterocycles. The topological polar surface area (TPSA) is 240 Å². The van der Waals surface area contributed by atoms with Crippen LogP contribution in [0, 0.1) is 0 Å². The van der Waals surface area contributed by atoms with Crippen LogP contribution < -0.4 is 32.2 Å². The van der Waals surface area contributed by atoms with E-state index in [0.717, 1.165) is 64.2 Å². The van der Waals surface area contributed by atoms with E-state index in [0.29, 0.717) is 76.8 Å². The predicted octanol–water partition coefficient (Wildman–Crippen LogP) is 5.00. The Morgan fingerprint density at radius 3 is 1.72 bits per heavy atom. The third-order valence-corrected chi connectivity index (χ3v) is 9.20. The minimum atomic E-state index is -1.15. The zero-order valence-electron chi connectivity index (χ0n) is 32.4. The van der Waals surface area contributed by atoms with E-state index < -0.39 is 30.1 Å². The van der Waals surface area contributed by atoms with Crippen molar-refractivity contribution in [2.45, 2.75) is 160 Å². The number of rotatable bonds is 34. The second-order valence-corrected chi connectivity index (χ2v) is 14.0. The second-order valence-electron chi connectivity index (χ2n) is 14.0. The first-order valence-corrected chi connectivity index (χ1v) is 20.0. The summed E-state index contributed by atoms with van der Waals surface area (Å²) in [5.41, 5.74) is 12.1. The Kier molecular flexibility index (Phi) is 26.9. The number of nitrogens with one attached hydrogen (secondary N) is 3. The number of aliphatic carboxylic acids is 1. The first kappa shape index (κ1) is 48.0. The average molecular weight is 762 g/mol. The Bertz CT molecular complexity index is 1240. The molecule has 1 aromatic rings. The maximum absolute atomic E-state index is 12.4. The van der Waals surface area contributed by atoms with E-state index in [4.69, 9.17) is 21.3 Å². The standard InChI is InChI=1S/C40H67N5O9/c1-2-27-43-37(48)34(42)19-14-15-28-44-38(49)33(41)18-12-10-11-17-31(46)23-26-35(40(52)53)45-36(47)20-13-8-6-4-3-5-7-9-16-29-54-32-24-21-30(22-25-32)39(50)51/h21-22,24-25,33-35H,2-20,23,26-29,41-42H2,1H3,(H,43,48)(H,44,49)(H,45,47)(H,50,51)(H,52,53)/t33-,34-,35-/m0/s1. The summed E-state index contributed by atoms with van der Waals surface area (Å²) < 4.78 is 5.66. The molecule has 306 valence electrons. The number of carbonyl (C=O) groups excluding carboxylic acids is 4. The van der Waals surface area contributed by atoms with Gasteiger partial charge in [-0.1, -0.05) is 64.7 Å². The number of Topliss-reactive ketones (excluding diaryl/α,β-unsaturated/α-hetero) is 1. The second kappa shape index (κ2) is 30.3. The van der Waals surface area contributed by atoms with Crippen LogP contribution >= 0.6 is 0 Å². The first-order valence-electron chi connectivity index (χ1n) is 20.0. The molecular formula is C40H67N5O9. The fraction of sp³-hybridized carbons (Fsp3) is 0.700. The largest absolute Gasteiger partial charge is 0.494 e. The number of nitrogens with two attached hydrogens (primary N) is 2. The van der Waals surface area contributed by atoms with Gasteiger partial charge >= 0.3 is 11.9 Å². The van der Waals surface area contributed by atoms with E-state index in [-0.39, 0.29) is 48.3 Å². The van der Waals surface area contributed by atoms with Gasteiger partial charge in [0.05, 0.1) is 24.3 Å². The molecule has 0 unspecified atom stereocenters. The van der Waals surface area contributed by atoms with E-state index in [2.05, 4.69) is 16.0 Å².